The number of nitro benzene ring substituents is 2. The lowest BCUT2D eigenvalue weighted by atomic mass is 10.1. The number of phenolic OH excluding ortho intramolecular Hbond substituents is 2. The fourth-order valence-electron chi connectivity index (χ4n) is 2.64. The van der Waals surface area contributed by atoms with Crippen molar-refractivity contribution in [2.45, 2.75) is 0 Å². The lowest BCUT2D eigenvalue weighted by Gasteiger charge is -2.09. The van der Waals surface area contributed by atoms with E-state index in [1.165, 1.54) is 24.3 Å². The van der Waals surface area contributed by atoms with Crippen molar-refractivity contribution < 1.29 is 29.6 Å². The van der Waals surface area contributed by atoms with Gasteiger partial charge in [-0.1, -0.05) is 0 Å². The molecule has 0 unspecified atom stereocenters. The number of anilines is 2. The standard InChI is InChI=1S/C20H14N4O8/c25-17-7-5-13(23(29)30)9-15(17)21-19(27)11-1-2-12(4-3-11)20(28)22-16-10-14(24(31)32)6-8-18(16)26/h1-10,25-26H,(H,21,27)(H,22,28). The summed E-state index contributed by atoms with van der Waals surface area (Å²) < 4.78 is 0. The Balaban J connectivity index is 1.74. The predicted octanol–water partition coefficient (Wildman–Crippen LogP) is 3.42. The number of hydrogen-bond acceptors (Lipinski definition) is 8. The Kier molecular flexibility index (Phi) is 5.96. The average molecular weight is 438 g/mol. The molecule has 12 nitrogen and oxygen atoms in total. The molecule has 0 heterocycles. The van der Waals surface area contributed by atoms with Gasteiger partial charge in [-0.15, -0.1) is 0 Å². The highest BCUT2D eigenvalue weighted by Gasteiger charge is 2.16. The van der Waals surface area contributed by atoms with Crippen LogP contribution in [0.5, 0.6) is 11.5 Å². The van der Waals surface area contributed by atoms with Crippen LogP contribution in [-0.2, 0) is 0 Å². The monoisotopic (exact) mass is 438 g/mol. The van der Waals surface area contributed by atoms with E-state index in [1.807, 2.05) is 0 Å². The van der Waals surface area contributed by atoms with E-state index in [4.69, 9.17) is 0 Å². The molecule has 0 spiro atoms. The first-order valence-corrected chi connectivity index (χ1v) is 8.83. The van der Waals surface area contributed by atoms with Crippen LogP contribution in [-0.4, -0.2) is 31.9 Å². The highest BCUT2D eigenvalue weighted by Crippen LogP contribution is 2.29. The third-order valence-corrected chi connectivity index (χ3v) is 4.29. The van der Waals surface area contributed by atoms with Gasteiger partial charge in [-0.25, -0.2) is 0 Å². The Hall–Kier alpha value is -5.00. The van der Waals surface area contributed by atoms with Gasteiger partial charge >= 0.3 is 0 Å². The van der Waals surface area contributed by atoms with Crippen molar-refractivity contribution in [3.63, 3.8) is 0 Å². The second kappa shape index (κ2) is 8.79. The van der Waals surface area contributed by atoms with Crippen LogP contribution in [0, 0.1) is 20.2 Å². The third kappa shape index (κ3) is 4.76. The van der Waals surface area contributed by atoms with Crippen LogP contribution in [0.3, 0.4) is 0 Å². The van der Waals surface area contributed by atoms with Gasteiger partial charge in [0.1, 0.15) is 11.5 Å². The Bertz CT molecular complexity index is 1140. The second-order valence-electron chi connectivity index (χ2n) is 6.40. The summed E-state index contributed by atoms with van der Waals surface area (Å²) in [6.07, 6.45) is 0. The van der Waals surface area contributed by atoms with Crippen LogP contribution < -0.4 is 10.6 Å². The maximum absolute atomic E-state index is 12.4. The van der Waals surface area contributed by atoms with Crippen molar-refractivity contribution in [3.8, 4) is 11.5 Å². The number of carbonyl (C=O) groups excluding carboxylic acids is 2. The lowest BCUT2D eigenvalue weighted by Crippen LogP contribution is -2.14. The fraction of sp³-hybridized carbons (Fsp3) is 0. The van der Waals surface area contributed by atoms with Gasteiger partial charge in [-0.05, 0) is 36.4 Å². The van der Waals surface area contributed by atoms with E-state index >= 15 is 0 Å². The first kappa shape index (κ1) is 21.7. The number of amides is 2. The zero-order valence-corrected chi connectivity index (χ0v) is 16.0. The molecule has 3 rings (SSSR count). The summed E-state index contributed by atoms with van der Waals surface area (Å²) in [5, 5.41) is 46.0. The number of nitrogens with zero attached hydrogens (tertiary/aromatic N) is 2. The van der Waals surface area contributed by atoms with Gasteiger partial charge in [0.25, 0.3) is 23.2 Å². The minimum absolute atomic E-state index is 0.0886. The van der Waals surface area contributed by atoms with Gasteiger partial charge in [0.2, 0.25) is 0 Å². The van der Waals surface area contributed by atoms with Gasteiger partial charge in [0, 0.05) is 35.4 Å². The molecule has 0 aliphatic heterocycles. The molecule has 0 aliphatic rings. The molecule has 3 aromatic carbocycles. The number of non-ortho nitro benzene ring substituents is 2. The fourth-order valence-corrected chi connectivity index (χ4v) is 2.64. The summed E-state index contributed by atoms with van der Waals surface area (Å²) in [5.41, 5.74) is -0.792. The minimum Gasteiger partial charge on any atom is -0.506 e. The average Bonchev–Trinajstić information content (AvgIpc) is 2.76. The summed E-state index contributed by atoms with van der Waals surface area (Å²) >= 11 is 0. The van der Waals surface area contributed by atoms with Crippen molar-refractivity contribution in [2.24, 2.45) is 0 Å². The highest BCUT2D eigenvalue weighted by atomic mass is 16.6. The molecule has 0 saturated carbocycles. The van der Waals surface area contributed by atoms with E-state index in [1.54, 1.807) is 0 Å². The van der Waals surface area contributed by atoms with Crippen LogP contribution in [0.2, 0.25) is 0 Å². The molecule has 2 amide bonds. The Labute approximate surface area is 179 Å². The van der Waals surface area contributed by atoms with Crippen LogP contribution in [0.15, 0.2) is 60.7 Å². The summed E-state index contributed by atoms with van der Waals surface area (Å²) in [7, 11) is 0. The number of phenols is 2. The zero-order valence-electron chi connectivity index (χ0n) is 16.0. The summed E-state index contributed by atoms with van der Waals surface area (Å²) in [6, 6.07) is 11.5. The van der Waals surface area contributed by atoms with E-state index in [9.17, 15) is 40.0 Å². The molecule has 0 radical (unpaired) electrons. The molecule has 0 bridgehead atoms. The molecule has 32 heavy (non-hydrogen) atoms. The Morgan fingerprint density at radius 2 is 1.00 bits per heavy atom. The molecule has 3 aromatic rings. The maximum Gasteiger partial charge on any atom is 0.271 e. The van der Waals surface area contributed by atoms with Gasteiger partial charge in [0.15, 0.2) is 0 Å². The normalized spacial score (nSPS) is 10.2. The van der Waals surface area contributed by atoms with Crippen molar-refractivity contribution in [1.82, 2.24) is 0 Å². The largest absolute Gasteiger partial charge is 0.506 e. The number of carbonyl (C=O) groups is 2. The number of hydrogen-bond donors (Lipinski definition) is 4. The first-order valence-electron chi connectivity index (χ1n) is 8.83. The number of aromatic hydroxyl groups is 2. The van der Waals surface area contributed by atoms with Crippen molar-refractivity contribution in [2.75, 3.05) is 10.6 Å². The molecule has 162 valence electrons. The number of nitrogens with one attached hydrogen (secondary N) is 2. The molecule has 0 aromatic heterocycles. The summed E-state index contributed by atoms with van der Waals surface area (Å²) in [6.45, 7) is 0. The van der Waals surface area contributed by atoms with Crippen LogP contribution >= 0.6 is 0 Å². The van der Waals surface area contributed by atoms with Gasteiger partial charge in [0.05, 0.1) is 21.2 Å². The van der Waals surface area contributed by atoms with E-state index in [2.05, 4.69) is 10.6 Å². The maximum atomic E-state index is 12.4. The van der Waals surface area contributed by atoms with E-state index in [0.717, 1.165) is 36.4 Å². The van der Waals surface area contributed by atoms with E-state index < -0.39 is 21.7 Å². The van der Waals surface area contributed by atoms with E-state index in [-0.39, 0.29) is 45.4 Å². The van der Waals surface area contributed by atoms with Gasteiger partial charge in [-0.2, -0.15) is 0 Å². The van der Waals surface area contributed by atoms with Crippen molar-refractivity contribution in [1.29, 1.82) is 0 Å². The molecule has 0 aliphatic carbocycles. The quantitative estimate of drug-likeness (QED) is 0.256. The van der Waals surface area contributed by atoms with Gasteiger partial charge in [-0.3, -0.25) is 29.8 Å². The molecule has 4 N–H and O–H groups in total. The minimum atomic E-state index is -0.691. The van der Waals surface area contributed by atoms with Crippen LogP contribution in [0.1, 0.15) is 20.7 Å². The Morgan fingerprint density at radius 1 is 0.656 bits per heavy atom. The zero-order chi connectivity index (χ0) is 23.4. The van der Waals surface area contributed by atoms with Crippen molar-refractivity contribution in [3.05, 3.63) is 92.0 Å². The van der Waals surface area contributed by atoms with Crippen LogP contribution in [0.4, 0.5) is 22.7 Å². The summed E-state index contributed by atoms with van der Waals surface area (Å²) in [5.74, 6) is -2.11. The van der Waals surface area contributed by atoms with Crippen LogP contribution in [0.25, 0.3) is 0 Å². The van der Waals surface area contributed by atoms with E-state index in [0.29, 0.717) is 0 Å². The molecule has 0 saturated heterocycles. The molecule has 0 fully saturated rings. The number of benzene rings is 3. The number of nitro groups is 2. The Morgan fingerprint density at radius 3 is 1.31 bits per heavy atom. The van der Waals surface area contributed by atoms with Crippen molar-refractivity contribution >= 4 is 34.6 Å². The SMILES string of the molecule is O=C(Nc1cc([N+](=O)[O-])ccc1O)c1ccc(C(=O)Nc2cc([N+](=O)[O-])ccc2O)cc1. The number of rotatable bonds is 6. The predicted molar refractivity (Wildman–Crippen MR) is 112 cm³/mol. The topological polar surface area (TPSA) is 185 Å². The third-order valence-electron chi connectivity index (χ3n) is 4.29. The lowest BCUT2D eigenvalue weighted by molar-refractivity contribution is -0.385. The highest BCUT2D eigenvalue weighted by molar-refractivity contribution is 6.08. The molecule has 0 atom stereocenters. The second-order valence-corrected chi connectivity index (χ2v) is 6.40. The molecular weight excluding hydrogens is 424 g/mol. The molecule has 12 heteroatoms. The molecular formula is C20H14N4O8. The van der Waals surface area contributed by atoms with Gasteiger partial charge < -0.3 is 20.8 Å². The smallest absolute Gasteiger partial charge is 0.271 e. The first-order chi connectivity index (χ1) is 15.2. The summed E-state index contributed by atoms with van der Waals surface area (Å²) in [4.78, 5) is 45.1.